The number of rotatable bonds is 5. The standard InChI is InChI=1S/C11H21NO2/c1-11(8-13,9-4-5-9)12-7-10-3-2-6-14-10/h9-10,12-13H,2-8H2,1H3. The molecule has 1 aliphatic carbocycles. The number of hydrogen-bond donors (Lipinski definition) is 2. The van der Waals surface area contributed by atoms with Crippen LogP contribution < -0.4 is 5.32 Å². The van der Waals surface area contributed by atoms with Crippen LogP contribution in [0.4, 0.5) is 0 Å². The van der Waals surface area contributed by atoms with Crippen LogP contribution in [-0.2, 0) is 4.74 Å². The lowest BCUT2D eigenvalue weighted by molar-refractivity contribution is 0.0862. The first-order valence-corrected chi connectivity index (χ1v) is 5.72. The van der Waals surface area contributed by atoms with Crippen molar-refractivity contribution in [1.29, 1.82) is 0 Å². The van der Waals surface area contributed by atoms with E-state index in [-0.39, 0.29) is 12.1 Å². The summed E-state index contributed by atoms with van der Waals surface area (Å²) in [4.78, 5) is 0. The van der Waals surface area contributed by atoms with Crippen LogP contribution in [0.15, 0.2) is 0 Å². The summed E-state index contributed by atoms with van der Waals surface area (Å²) < 4.78 is 5.55. The predicted octanol–water partition coefficient (Wildman–Crippen LogP) is 0.916. The number of ether oxygens (including phenoxy) is 1. The minimum Gasteiger partial charge on any atom is -0.394 e. The molecule has 0 radical (unpaired) electrons. The van der Waals surface area contributed by atoms with E-state index in [9.17, 15) is 5.11 Å². The minimum atomic E-state index is -0.0635. The summed E-state index contributed by atoms with van der Waals surface area (Å²) in [6.45, 7) is 4.17. The van der Waals surface area contributed by atoms with Crippen LogP contribution in [0.5, 0.6) is 0 Å². The van der Waals surface area contributed by atoms with E-state index in [2.05, 4.69) is 12.2 Å². The van der Waals surface area contributed by atoms with Gasteiger partial charge in [0.15, 0.2) is 0 Å². The molecule has 0 spiro atoms. The van der Waals surface area contributed by atoms with Crippen LogP contribution in [0, 0.1) is 5.92 Å². The molecule has 1 saturated carbocycles. The molecule has 1 aliphatic heterocycles. The maximum absolute atomic E-state index is 9.37. The van der Waals surface area contributed by atoms with E-state index in [1.807, 2.05) is 0 Å². The Hall–Kier alpha value is -0.120. The van der Waals surface area contributed by atoms with E-state index < -0.39 is 0 Å². The number of hydrogen-bond acceptors (Lipinski definition) is 3. The Morgan fingerprint density at radius 3 is 2.71 bits per heavy atom. The van der Waals surface area contributed by atoms with Gasteiger partial charge < -0.3 is 15.2 Å². The smallest absolute Gasteiger partial charge is 0.0700 e. The molecule has 2 atom stereocenters. The van der Waals surface area contributed by atoms with Crippen molar-refractivity contribution < 1.29 is 9.84 Å². The Morgan fingerprint density at radius 1 is 1.43 bits per heavy atom. The molecule has 0 bridgehead atoms. The molecular formula is C11H21NO2. The average Bonchev–Trinajstić information content (AvgIpc) is 2.94. The highest BCUT2D eigenvalue weighted by atomic mass is 16.5. The summed E-state index contributed by atoms with van der Waals surface area (Å²) >= 11 is 0. The summed E-state index contributed by atoms with van der Waals surface area (Å²) in [6.07, 6.45) is 5.25. The first kappa shape index (κ1) is 10.4. The van der Waals surface area contributed by atoms with Gasteiger partial charge in [0, 0.05) is 18.7 Å². The summed E-state index contributed by atoms with van der Waals surface area (Å²) in [6, 6.07) is 0. The van der Waals surface area contributed by atoms with Crippen LogP contribution in [0.3, 0.4) is 0 Å². The van der Waals surface area contributed by atoms with Crippen molar-refractivity contribution in [3.63, 3.8) is 0 Å². The van der Waals surface area contributed by atoms with E-state index >= 15 is 0 Å². The third kappa shape index (κ3) is 2.27. The van der Waals surface area contributed by atoms with Crippen molar-refractivity contribution in [3.8, 4) is 0 Å². The molecular weight excluding hydrogens is 178 g/mol. The first-order valence-electron chi connectivity index (χ1n) is 5.72. The topological polar surface area (TPSA) is 41.5 Å². The molecule has 0 aromatic rings. The highest BCUT2D eigenvalue weighted by Crippen LogP contribution is 2.39. The molecule has 0 aromatic heterocycles. The molecule has 2 fully saturated rings. The van der Waals surface area contributed by atoms with Crippen molar-refractivity contribution >= 4 is 0 Å². The second kappa shape index (κ2) is 4.17. The molecule has 1 saturated heterocycles. The fourth-order valence-corrected chi connectivity index (χ4v) is 2.20. The zero-order valence-corrected chi connectivity index (χ0v) is 8.96. The third-order valence-electron chi connectivity index (χ3n) is 3.56. The molecule has 2 aliphatic rings. The van der Waals surface area contributed by atoms with Crippen molar-refractivity contribution in [2.45, 2.75) is 44.2 Å². The second-order valence-corrected chi connectivity index (χ2v) is 4.87. The van der Waals surface area contributed by atoms with Gasteiger partial charge in [-0.2, -0.15) is 0 Å². The number of nitrogens with one attached hydrogen (secondary N) is 1. The van der Waals surface area contributed by atoms with Crippen LogP contribution in [0.2, 0.25) is 0 Å². The lowest BCUT2D eigenvalue weighted by atomic mass is 9.96. The fraction of sp³-hybridized carbons (Fsp3) is 1.00. The molecule has 14 heavy (non-hydrogen) atoms. The summed E-state index contributed by atoms with van der Waals surface area (Å²) in [5.74, 6) is 0.675. The summed E-state index contributed by atoms with van der Waals surface area (Å²) in [5, 5.41) is 12.8. The molecule has 3 nitrogen and oxygen atoms in total. The second-order valence-electron chi connectivity index (χ2n) is 4.87. The Morgan fingerprint density at radius 2 is 2.21 bits per heavy atom. The maximum Gasteiger partial charge on any atom is 0.0700 e. The van der Waals surface area contributed by atoms with E-state index in [1.54, 1.807) is 0 Å². The molecule has 0 aromatic carbocycles. The van der Waals surface area contributed by atoms with Gasteiger partial charge in [0.1, 0.15) is 0 Å². The van der Waals surface area contributed by atoms with Gasteiger partial charge in [-0.25, -0.2) is 0 Å². The van der Waals surface area contributed by atoms with Crippen molar-refractivity contribution in [1.82, 2.24) is 5.32 Å². The highest BCUT2D eigenvalue weighted by molar-refractivity contribution is 4.97. The molecule has 2 unspecified atom stereocenters. The van der Waals surface area contributed by atoms with Gasteiger partial charge in [-0.15, -0.1) is 0 Å². The maximum atomic E-state index is 9.37. The Balaban J connectivity index is 1.76. The third-order valence-corrected chi connectivity index (χ3v) is 3.56. The highest BCUT2D eigenvalue weighted by Gasteiger charge is 2.41. The zero-order valence-electron chi connectivity index (χ0n) is 8.96. The normalized spacial score (nSPS) is 31.7. The Bertz CT molecular complexity index is 188. The van der Waals surface area contributed by atoms with Crippen LogP contribution in [0.25, 0.3) is 0 Å². The van der Waals surface area contributed by atoms with Crippen LogP contribution >= 0.6 is 0 Å². The summed E-state index contributed by atoms with van der Waals surface area (Å²) in [7, 11) is 0. The Kier molecular flexibility index (Phi) is 3.10. The largest absolute Gasteiger partial charge is 0.394 e. The minimum absolute atomic E-state index is 0.0635. The van der Waals surface area contributed by atoms with Crippen molar-refractivity contribution in [3.05, 3.63) is 0 Å². The van der Waals surface area contributed by atoms with E-state index in [0.717, 1.165) is 13.2 Å². The molecule has 0 amide bonds. The van der Waals surface area contributed by atoms with E-state index in [4.69, 9.17) is 4.74 Å². The number of aliphatic hydroxyl groups excluding tert-OH is 1. The zero-order chi connectivity index (χ0) is 10.0. The Labute approximate surface area is 85.8 Å². The number of aliphatic hydroxyl groups is 1. The predicted molar refractivity (Wildman–Crippen MR) is 55.2 cm³/mol. The first-order chi connectivity index (χ1) is 6.74. The SMILES string of the molecule is CC(CO)(NCC1CCCO1)C1CC1. The van der Waals surface area contributed by atoms with Crippen molar-refractivity contribution in [2.75, 3.05) is 19.8 Å². The lowest BCUT2D eigenvalue weighted by Gasteiger charge is -2.30. The molecule has 1 heterocycles. The van der Waals surface area contributed by atoms with E-state index in [0.29, 0.717) is 12.0 Å². The van der Waals surface area contributed by atoms with Gasteiger partial charge in [-0.05, 0) is 38.5 Å². The van der Waals surface area contributed by atoms with Gasteiger partial charge in [0.05, 0.1) is 12.7 Å². The van der Waals surface area contributed by atoms with Crippen molar-refractivity contribution in [2.24, 2.45) is 5.92 Å². The lowest BCUT2D eigenvalue weighted by Crippen LogP contribution is -2.50. The monoisotopic (exact) mass is 199 g/mol. The molecule has 2 N–H and O–H groups in total. The van der Waals surface area contributed by atoms with Gasteiger partial charge in [0.2, 0.25) is 0 Å². The summed E-state index contributed by atoms with van der Waals surface area (Å²) in [5.41, 5.74) is -0.0635. The molecule has 82 valence electrons. The average molecular weight is 199 g/mol. The van der Waals surface area contributed by atoms with Gasteiger partial charge in [-0.1, -0.05) is 0 Å². The quantitative estimate of drug-likeness (QED) is 0.691. The van der Waals surface area contributed by atoms with Gasteiger partial charge >= 0.3 is 0 Å². The van der Waals surface area contributed by atoms with Gasteiger partial charge in [0.25, 0.3) is 0 Å². The van der Waals surface area contributed by atoms with E-state index in [1.165, 1.54) is 25.7 Å². The fourth-order valence-electron chi connectivity index (χ4n) is 2.20. The van der Waals surface area contributed by atoms with Crippen LogP contribution in [0.1, 0.15) is 32.6 Å². The van der Waals surface area contributed by atoms with Gasteiger partial charge in [-0.3, -0.25) is 0 Å². The molecule has 3 heteroatoms. The molecule has 2 rings (SSSR count). The van der Waals surface area contributed by atoms with Crippen LogP contribution in [-0.4, -0.2) is 36.5 Å².